The van der Waals surface area contributed by atoms with Gasteiger partial charge in [-0.15, -0.1) is 0 Å². The minimum absolute atomic E-state index is 0.921. The highest BCUT2D eigenvalue weighted by molar-refractivity contribution is 6.05. The molecule has 2 nitrogen and oxygen atoms in total. The molecule has 0 aliphatic heterocycles. The van der Waals surface area contributed by atoms with E-state index in [4.69, 9.17) is 4.42 Å². The summed E-state index contributed by atoms with van der Waals surface area (Å²) in [7, 11) is 0. The summed E-state index contributed by atoms with van der Waals surface area (Å²) in [6.45, 7) is 0. The van der Waals surface area contributed by atoms with Crippen molar-refractivity contribution in [2.45, 2.75) is 0 Å². The molecule has 6 aromatic rings. The number of fused-ring (bicyclic) bond motifs is 3. The first-order chi connectivity index (χ1) is 15.8. The van der Waals surface area contributed by atoms with Crippen molar-refractivity contribution in [1.29, 1.82) is 0 Å². The van der Waals surface area contributed by atoms with Crippen molar-refractivity contribution >= 4 is 33.3 Å². The van der Waals surface area contributed by atoms with E-state index < -0.39 is 0 Å². The first-order valence-electron chi connectivity index (χ1n) is 10.8. The Kier molecular flexibility index (Phi) is 4.47. The van der Waals surface area contributed by atoms with Gasteiger partial charge in [-0.1, -0.05) is 78.9 Å². The molecule has 0 unspecified atom stereocenters. The lowest BCUT2D eigenvalue weighted by Crippen LogP contribution is -1.90. The largest absolute Gasteiger partial charge is 0.456 e. The molecule has 1 aromatic heterocycles. The Hall–Kier alpha value is -4.30. The molecule has 0 atom stereocenters. The molecule has 1 N–H and O–H groups in total. The van der Waals surface area contributed by atoms with E-state index in [-0.39, 0.29) is 0 Å². The van der Waals surface area contributed by atoms with E-state index in [0.29, 0.717) is 0 Å². The number of para-hydroxylation sites is 1. The first-order valence-corrected chi connectivity index (χ1v) is 10.8. The Morgan fingerprint density at radius 3 is 1.66 bits per heavy atom. The van der Waals surface area contributed by atoms with Gasteiger partial charge in [0, 0.05) is 22.1 Å². The molecule has 6 rings (SSSR count). The predicted molar refractivity (Wildman–Crippen MR) is 134 cm³/mol. The molecular formula is C30H21NO. The van der Waals surface area contributed by atoms with Crippen LogP contribution in [0.25, 0.3) is 44.2 Å². The fraction of sp³-hybridized carbons (Fsp3) is 0. The third kappa shape index (κ3) is 3.42. The number of rotatable bonds is 4. The van der Waals surface area contributed by atoms with Gasteiger partial charge < -0.3 is 9.73 Å². The zero-order chi connectivity index (χ0) is 21.3. The van der Waals surface area contributed by atoms with E-state index in [2.05, 4.69) is 102 Å². The lowest BCUT2D eigenvalue weighted by molar-refractivity contribution is 0.669. The third-order valence-corrected chi connectivity index (χ3v) is 5.88. The van der Waals surface area contributed by atoms with Gasteiger partial charge in [-0.3, -0.25) is 0 Å². The Balaban J connectivity index is 1.23. The van der Waals surface area contributed by atoms with Crippen molar-refractivity contribution in [3.05, 3.63) is 121 Å². The molecule has 0 radical (unpaired) electrons. The maximum absolute atomic E-state index is 6.05. The van der Waals surface area contributed by atoms with Crippen LogP contribution in [0.15, 0.2) is 126 Å². The Labute approximate surface area is 186 Å². The van der Waals surface area contributed by atoms with E-state index in [1.807, 2.05) is 24.3 Å². The minimum Gasteiger partial charge on any atom is -0.456 e. The molecule has 0 aliphatic carbocycles. The quantitative estimate of drug-likeness (QED) is 0.314. The van der Waals surface area contributed by atoms with Gasteiger partial charge in [0.2, 0.25) is 0 Å². The molecule has 152 valence electrons. The van der Waals surface area contributed by atoms with Gasteiger partial charge in [-0.25, -0.2) is 0 Å². The van der Waals surface area contributed by atoms with Gasteiger partial charge in [-0.05, 0) is 64.7 Å². The molecule has 32 heavy (non-hydrogen) atoms. The number of furan rings is 1. The van der Waals surface area contributed by atoms with Crippen molar-refractivity contribution in [3.63, 3.8) is 0 Å². The van der Waals surface area contributed by atoms with Crippen LogP contribution in [0.1, 0.15) is 0 Å². The fourth-order valence-electron chi connectivity index (χ4n) is 4.19. The smallest absolute Gasteiger partial charge is 0.136 e. The standard InChI is InChI=1S/C30H21NO/c1-2-6-21(7-3-1)22-10-15-25(16-11-22)31-26-17-12-23(13-18-26)24-14-19-28-27-8-4-5-9-29(27)32-30(28)20-24/h1-20,31H. The number of benzene rings is 5. The molecule has 0 spiro atoms. The van der Waals surface area contributed by atoms with Crippen LogP contribution in [-0.4, -0.2) is 0 Å². The van der Waals surface area contributed by atoms with Crippen molar-refractivity contribution in [3.8, 4) is 22.3 Å². The van der Waals surface area contributed by atoms with Crippen LogP contribution in [0.3, 0.4) is 0 Å². The molecule has 0 bridgehead atoms. The molecule has 0 fully saturated rings. The van der Waals surface area contributed by atoms with Gasteiger partial charge in [-0.2, -0.15) is 0 Å². The molecule has 0 saturated carbocycles. The Bertz CT molecular complexity index is 1510. The Morgan fingerprint density at radius 2 is 0.938 bits per heavy atom. The maximum Gasteiger partial charge on any atom is 0.136 e. The van der Waals surface area contributed by atoms with Crippen molar-refractivity contribution in [2.24, 2.45) is 0 Å². The molecular weight excluding hydrogens is 390 g/mol. The van der Waals surface area contributed by atoms with Crippen LogP contribution >= 0.6 is 0 Å². The molecule has 0 amide bonds. The van der Waals surface area contributed by atoms with Gasteiger partial charge in [0.1, 0.15) is 11.2 Å². The minimum atomic E-state index is 0.921. The number of anilines is 2. The number of nitrogens with one attached hydrogen (secondary N) is 1. The highest BCUT2D eigenvalue weighted by Gasteiger charge is 2.08. The number of hydrogen-bond donors (Lipinski definition) is 1. The molecule has 0 saturated heterocycles. The summed E-state index contributed by atoms with van der Waals surface area (Å²) in [5, 5.41) is 5.80. The second-order valence-corrected chi connectivity index (χ2v) is 7.95. The fourth-order valence-corrected chi connectivity index (χ4v) is 4.19. The topological polar surface area (TPSA) is 25.2 Å². The summed E-state index contributed by atoms with van der Waals surface area (Å²) >= 11 is 0. The van der Waals surface area contributed by atoms with Crippen LogP contribution in [0.4, 0.5) is 11.4 Å². The van der Waals surface area contributed by atoms with Gasteiger partial charge in [0.15, 0.2) is 0 Å². The summed E-state index contributed by atoms with van der Waals surface area (Å²) in [5.41, 5.74) is 8.74. The Morgan fingerprint density at radius 1 is 0.406 bits per heavy atom. The summed E-state index contributed by atoms with van der Waals surface area (Å²) in [5.74, 6) is 0. The SMILES string of the molecule is c1ccc(-c2ccc(Nc3ccc(-c4ccc5c(c4)oc4ccccc45)cc3)cc2)cc1. The molecule has 2 heteroatoms. The zero-order valence-electron chi connectivity index (χ0n) is 17.5. The normalized spacial score (nSPS) is 11.1. The van der Waals surface area contributed by atoms with Crippen LogP contribution in [0.5, 0.6) is 0 Å². The molecule has 0 aliphatic rings. The summed E-state index contributed by atoms with van der Waals surface area (Å²) < 4.78 is 6.05. The van der Waals surface area contributed by atoms with Gasteiger partial charge in [0.05, 0.1) is 0 Å². The predicted octanol–water partition coefficient (Wildman–Crippen LogP) is 8.66. The van der Waals surface area contributed by atoms with E-state index >= 15 is 0 Å². The second-order valence-electron chi connectivity index (χ2n) is 7.95. The van der Waals surface area contributed by atoms with Crippen molar-refractivity contribution < 1.29 is 4.42 Å². The highest BCUT2D eigenvalue weighted by Crippen LogP contribution is 2.32. The molecule has 5 aromatic carbocycles. The average molecular weight is 412 g/mol. The lowest BCUT2D eigenvalue weighted by atomic mass is 10.0. The van der Waals surface area contributed by atoms with Crippen molar-refractivity contribution in [2.75, 3.05) is 5.32 Å². The number of hydrogen-bond acceptors (Lipinski definition) is 2. The lowest BCUT2D eigenvalue weighted by Gasteiger charge is -2.09. The monoisotopic (exact) mass is 411 g/mol. The van der Waals surface area contributed by atoms with Crippen LogP contribution in [0, 0.1) is 0 Å². The van der Waals surface area contributed by atoms with E-state index in [1.54, 1.807) is 0 Å². The molecule has 1 heterocycles. The summed E-state index contributed by atoms with van der Waals surface area (Å²) in [6, 6.07) is 42.1. The third-order valence-electron chi connectivity index (χ3n) is 5.88. The van der Waals surface area contributed by atoms with Crippen LogP contribution < -0.4 is 5.32 Å². The summed E-state index contributed by atoms with van der Waals surface area (Å²) in [6.07, 6.45) is 0. The van der Waals surface area contributed by atoms with Crippen LogP contribution in [0.2, 0.25) is 0 Å². The van der Waals surface area contributed by atoms with E-state index in [0.717, 1.165) is 44.4 Å². The zero-order valence-corrected chi connectivity index (χ0v) is 17.5. The summed E-state index contributed by atoms with van der Waals surface area (Å²) in [4.78, 5) is 0. The first kappa shape index (κ1) is 18.5. The van der Waals surface area contributed by atoms with Crippen molar-refractivity contribution in [1.82, 2.24) is 0 Å². The average Bonchev–Trinajstić information content (AvgIpc) is 3.23. The van der Waals surface area contributed by atoms with E-state index in [9.17, 15) is 0 Å². The van der Waals surface area contributed by atoms with Gasteiger partial charge >= 0.3 is 0 Å². The highest BCUT2D eigenvalue weighted by atomic mass is 16.3. The van der Waals surface area contributed by atoms with Gasteiger partial charge in [0.25, 0.3) is 0 Å². The maximum atomic E-state index is 6.05. The van der Waals surface area contributed by atoms with Crippen LogP contribution in [-0.2, 0) is 0 Å². The second kappa shape index (κ2) is 7.75. The van der Waals surface area contributed by atoms with E-state index in [1.165, 1.54) is 11.1 Å².